The normalized spacial score (nSPS) is 18.7. The Morgan fingerprint density at radius 3 is 2.31 bits per heavy atom. The number of carbonyl (C=O) groups excluding carboxylic acids is 1. The summed E-state index contributed by atoms with van der Waals surface area (Å²) in [7, 11) is -3.47. The fourth-order valence-electron chi connectivity index (χ4n) is 5.03. The van der Waals surface area contributed by atoms with Crippen molar-refractivity contribution in [1.29, 1.82) is 0 Å². The molecule has 0 spiro atoms. The largest absolute Gasteiger partial charge is 0.480 e. The summed E-state index contributed by atoms with van der Waals surface area (Å²) in [5.74, 6) is -0.892. The third kappa shape index (κ3) is 4.13. The molecule has 32 heavy (non-hydrogen) atoms. The van der Waals surface area contributed by atoms with Gasteiger partial charge in [0.25, 0.3) is 0 Å². The Labute approximate surface area is 189 Å². The molecule has 1 N–H and O–H groups in total. The second-order valence-electron chi connectivity index (χ2n) is 9.74. The highest BCUT2D eigenvalue weighted by atomic mass is 32.2. The van der Waals surface area contributed by atoms with Gasteiger partial charge in [0.2, 0.25) is 10.0 Å². The van der Waals surface area contributed by atoms with Gasteiger partial charge in [-0.3, -0.25) is 9.59 Å². The van der Waals surface area contributed by atoms with E-state index in [2.05, 4.69) is 0 Å². The fourth-order valence-corrected chi connectivity index (χ4v) is 6.55. The van der Waals surface area contributed by atoms with E-state index in [0.717, 1.165) is 35.4 Å². The van der Waals surface area contributed by atoms with Crippen molar-refractivity contribution in [3.8, 4) is 0 Å². The molecule has 1 aliphatic carbocycles. The third-order valence-corrected chi connectivity index (χ3v) is 8.54. The van der Waals surface area contributed by atoms with Gasteiger partial charge in [0.15, 0.2) is 5.78 Å². The average Bonchev–Trinajstić information content (AvgIpc) is 3.32. The van der Waals surface area contributed by atoms with Crippen molar-refractivity contribution in [2.45, 2.75) is 64.3 Å². The predicted octanol–water partition coefficient (Wildman–Crippen LogP) is 3.41. The number of hydrogen-bond acceptors (Lipinski definition) is 4. The topological polar surface area (TPSA) is 96.7 Å². The Morgan fingerprint density at radius 2 is 1.72 bits per heavy atom. The molecule has 4 rings (SSSR count). The van der Waals surface area contributed by atoms with E-state index >= 15 is 0 Å². The van der Waals surface area contributed by atoms with Gasteiger partial charge in [0.1, 0.15) is 6.54 Å². The highest BCUT2D eigenvalue weighted by molar-refractivity contribution is 7.89. The van der Waals surface area contributed by atoms with Crippen LogP contribution in [0.4, 0.5) is 0 Å². The number of sulfonamides is 1. The SMILES string of the molecule is Cc1c(Cc2ccc(S(=O)(=O)N3CCCC3)cc2)c2c(n1CC(=O)O)CC(C)(C)CC2=O. The summed E-state index contributed by atoms with van der Waals surface area (Å²) in [6.07, 6.45) is 3.31. The minimum Gasteiger partial charge on any atom is -0.480 e. The van der Waals surface area contributed by atoms with Crippen LogP contribution >= 0.6 is 0 Å². The molecule has 0 unspecified atom stereocenters. The van der Waals surface area contributed by atoms with Crippen LogP contribution in [0.15, 0.2) is 29.2 Å². The Morgan fingerprint density at radius 1 is 1.09 bits per heavy atom. The lowest BCUT2D eigenvalue weighted by molar-refractivity contribution is -0.137. The first-order valence-electron chi connectivity index (χ1n) is 11.0. The maximum Gasteiger partial charge on any atom is 0.323 e. The summed E-state index contributed by atoms with van der Waals surface area (Å²) in [4.78, 5) is 24.8. The van der Waals surface area contributed by atoms with Crippen molar-refractivity contribution < 1.29 is 23.1 Å². The van der Waals surface area contributed by atoms with Crippen molar-refractivity contribution >= 4 is 21.8 Å². The van der Waals surface area contributed by atoms with Crippen LogP contribution < -0.4 is 0 Å². The maximum absolute atomic E-state index is 13.1. The summed E-state index contributed by atoms with van der Waals surface area (Å²) in [5.41, 5.74) is 3.76. The van der Waals surface area contributed by atoms with Crippen LogP contribution in [-0.4, -0.2) is 47.2 Å². The van der Waals surface area contributed by atoms with Gasteiger partial charge >= 0.3 is 5.97 Å². The maximum atomic E-state index is 13.1. The van der Waals surface area contributed by atoms with Gasteiger partial charge in [-0.25, -0.2) is 8.42 Å². The summed E-state index contributed by atoms with van der Waals surface area (Å²) in [6, 6.07) is 6.84. The van der Waals surface area contributed by atoms with E-state index in [1.54, 1.807) is 28.8 Å². The molecular weight excluding hydrogens is 428 g/mol. The quantitative estimate of drug-likeness (QED) is 0.716. The van der Waals surface area contributed by atoms with Gasteiger partial charge in [-0.05, 0) is 61.3 Å². The van der Waals surface area contributed by atoms with E-state index in [1.165, 1.54) is 4.31 Å². The molecule has 8 heteroatoms. The molecule has 0 amide bonds. The number of carbonyl (C=O) groups is 2. The molecule has 172 valence electrons. The fraction of sp³-hybridized carbons (Fsp3) is 0.500. The number of carboxylic acids is 1. The second kappa shape index (κ2) is 8.15. The van der Waals surface area contributed by atoms with E-state index in [1.807, 2.05) is 20.8 Å². The van der Waals surface area contributed by atoms with E-state index in [4.69, 9.17) is 0 Å². The summed E-state index contributed by atoms with van der Waals surface area (Å²) < 4.78 is 28.8. The number of hydrogen-bond donors (Lipinski definition) is 1. The summed E-state index contributed by atoms with van der Waals surface area (Å²) >= 11 is 0. The van der Waals surface area contributed by atoms with Crippen LogP contribution in [-0.2, 0) is 34.2 Å². The zero-order chi connectivity index (χ0) is 23.3. The number of aliphatic carboxylic acids is 1. The van der Waals surface area contributed by atoms with E-state index < -0.39 is 16.0 Å². The van der Waals surface area contributed by atoms with E-state index in [-0.39, 0.29) is 22.6 Å². The number of Topliss-reactive ketones (excluding diaryl/α,β-unsaturated/α-hetero) is 1. The molecule has 1 aromatic carbocycles. The van der Waals surface area contributed by atoms with Gasteiger partial charge in [-0.15, -0.1) is 0 Å². The minimum atomic E-state index is -3.47. The smallest absolute Gasteiger partial charge is 0.323 e. The van der Waals surface area contributed by atoms with Gasteiger partial charge in [0, 0.05) is 36.5 Å². The van der Waals surface area contributed by atoms with Gasteiger partial charge in [-0.2, -0.15) is 4.31 Å². The number of fused-ring (bicyclic) bond motifs is 1. The van der Waals surface area contributed by atoms with Gasteiger partial charge in [0.05, 0.1) is 4.90 Å². The molecule has 2 heterocycles. The summed E-state index contributed by atoms with van der Waals surface area (Å²) in [6.45, 7) is 6.87. The first-order chi connectivity index (χ1) is 15.0. The van der Waals surface area contributed by atoms with Crippen molar-refractivity contribution in [2.24, 2.45) is 5.41 Å². The van der Waals surface area contributed by atoms with Crippen LogP contribution in [0.2, 0.25) is 0 Å². The van der Waals surface area contributed by atoms with Crippen molar-refractivity contribution in [1.82, 2.24) is 8.87 Å². The number of rotatable bonds is 6. The van der Waals surface area contributed by atoms with Crippen LogP contribution in [0.25, 0.3) is 0 Å². The Kier molecular flexibility index (Phi) is 5.79. The third-order valence-electron chi connectivity index (χ3n) is 6.62. The lowest BCUT2D eigenvalue weighted by atomic mass is 9.75. The molecule has 1 fully saturated rings. The lowest BCUT2D eigenvalue weighted by Gasteiger charge is -2.30. The molecule has 1 saturated heterocycles. The van der Waals surface area contributed by atoms with Crippen LogP contribution in [0, 0.1) is 12.3 Å². The standard InChI is InChI=1S/C24H30N2O5S/c1-16-19(23-20(26(16)15-22(28)29)13-24(2,3)14-21(23)27)12-17-6-8-18(9-7-17)32(30,31)25-10-4-5-11-25/h6-9H,4-5,10-15H2,1-3H3,(H,28,29). The highest BCUT2D eigenvalue weighted by Gasteiger charge is 2.37. The molecule has 1 aromatic heterocycles. The van der Waals surface area contributed by atoms with Crippen molar-refractivity contribution in [2.75, 3.05) is 13.1 Å². The Balaban J connectivity index is 1.68. The molecular formula is C24H30N2O5S. The molecule has 7 nitrogen and oxygen atoms in total. The molecule has 2 aromatic rings. The van der Waals surface area contributed by atoms with Crippen LogP contribution in [0.3, 0.4) is 0 Å². The van der Waals surface area contributed by atoms with Gasteiger partial charge < -0.3 is 9.67 Å². The molecule has 0 bridgehead atoms. The van der Waals surface area contributed by atoms with Gasteiger partial charge in [-0.1, -0.05) is 26.0 Å². The Bertz CT molecular complexity index is 1170. The average molecular weight is 459 g/mol. The first-order valence-corrected chi connectivity index (χ1v) is 12.5. The lowest BCUT2D eigenvalue weighted by Crippen LogP contribution is -2.29. The number of benzene rings is 1. The highest BCUT2D eigenvalue weighted by Crippen LogP contribution is 2.39. The zero-order valence-corrected chi connectivity index (χ0v) is 19.7. The predicted molar refractivity (Wildman–Crippen MR) is 120 cm³/mol. The summed E-state index contributed by atoms with van der Waals surface area (Å²) in [5, 5.41) is 9.42. The van der Waals surface area contributed by atoms with Crippen LogP contribution in [0.5, 0.6) is 0 Å². The second-order valence-corrected chi connectivity index (χ2v) is 11.7. The zero-order valence-electron chi connectivity index (χ0n) is 18.8. The molecule has 0 saturated carbocycles. The molecule has 0 atom stereocenters. The minimum absolute atomic E-state index is 0.0479. The van der Waals surface area contributed by atoms with E-state index in [0.29, 0.717) is 37.9 Å². The number of carboxylic acid groups (broad SMARTS) is 1. The number of aromatic nitrogens is 1. The van der Waals surface area contributed by atoms with Crippen molar-refractivity contribution in [3.63, 3.8) is 0 Å². The molecule has 0 radical (unpaired) electrons. The number of ketones is 1. The molecule has 1 aliphatic heterocycles. The van der Waals surface area contributed by atoms with Crippen LogP contribution in [0.1, 0.15) is 66.0 Å². The Hall–Kier alpha value is -2.45. The monoisotopic (exact) mass is 458 g/mol. The first kappa shape index (κ1) is 22.7. The number of nitrogens with zero attached hydrogens (tertiary/aromatic N) is 2. The van der Waals surface area contributed by atoms with Crippen molar-refractivity contribution in [3.05, 3.63) is 52.3 Å². The van der Waals surface area contributed by atoms with E-state index in [9.17, 15) is 23.1 Å². The molecule has 2 aliphatic rings.